The minimum absolute atomic E-state index is 0.0124. The fraction of sp³-hybridized carbons (Fsp3) is 0.286. The average molecular weight is 557 g/mol. The van der Waals surface area contributed by atoms with E-state index in [4.69, 9.17) is 14.2 Å². The highest BCUT2D eigenvalue weighted by molar-refractivity contribution is 5.91. The molecule has 0 radical (unpaired) electrons. The molecule has 12 nitrogen and oxygen atoms in total. The summed E-state index contributed by atoms with van der Waals surface area (Å²) in [5.74, 6) is -6.28. The van der Waals surface area contributed by atoms with E-state index in [1.807, 2.05) is 6.92 Å². The number of benzene rings is 3. The van der Waals surface area contributed by atoms with Crippen LogP contribution in [0.5, 0.6) is 51.7 Å². The molecule has 0 unspecified atom stereocenters. The van der Waals surface area contributed by atoms with Gasteiger partial charge in [0.1, 0.15) is 23.4 Å². The molecule has 0 saturated carbocycles. The molecule has 0 saturated heterocycles. The maximum Gasteiger partial charge on any atom is 0.338 e. The lowest BCUT2D eigenvalue weighted by Crippen LogP contribution is -2.34. The Morgan fingerprint density at radius 3 is 2.02 bits per heavy atom. The van der Waals surface area contributed by atoms with E-state index >= 15 is 0 Å². The Morgan fingerprint density at radius 2 is 1.43 bits per heavy atom. The SMILES string of the molecule is CCCCCC(=O)Oc1cc(O)c2c(c1)O[C@H](c1cc(O)c(O)c(O)c1)[C@H](OC(=O)c1cc(O)c(O)c(O)c1)C2. The molecule has 212 valence electrons. The molecule has 7 N–H and O–H groups in total. The smallest absolute Gasteiger partial charge is 0.338 e. The highest BCUT2D eigenvalue weighted by Gasteiger charge is 2.37. The van der Waals surface area contributed by atoms with E-state index < -0.39 is 58.6 Å². The van der Waals surface area contributed by atoms with Crippen molar-refractivity contribution in [1.29, 1.82) is 0 Å². The zero-order valence-electron chi connectivity index (χ0n) is 21.3. The molecule has 4 rings (SSSR count). The van der Waals surface area contributed by atoms with E-state index in [1.165, 1.54) is 12.1 Å². The number of carbonyl (C=O) groups is 2. The van der Waals surface area contributed by atoms with Gasteiger partial charge in [0.25, 0.3) is 0 Å². The van der Waals surface area contributed by atoms with Crippen LogP contribution in [0.1, 0.15) is 60.2 Å². The molecule has 2 atom stereocenters. The number of esters is 2. The molecule has 3 aromatic rings. The third-order valence-corrected chi connectivity index (χ3v) is 6.36. The van der Waals surface area contributed by atoms with Crippen LogP contribution in [-0.2, 0) is 16.0 Å². The van der Waals surface area contributed by atoms with Crippen molar-refractivity contribution in [3.8, 4) is 51.7 Å². The van der Waals surface area contributed by atoms with Crippen molar-refractivity contribution in [2.45, 2.75) is 51.2 Å². The van der Waals surface area contributed by atoms with Gasteiger partial charge in [-0.05, 0) is 30.7 Å². The first kappa shape index (κ1) is 28.0. The van der Waals surface area contributed by atoms with Crippen LogP contribution in [-0.4, -0.2) is 53.8 Å². The first-order valence-corrected chi connectivity index (χ1v) is 12.4. The molecule has 12 heteroatoms. The third kappa shape index (κ3) is 5.85. The van der Waals surface area contributed by atoms with Gasteiger partial charge in [-0.25, -0.2) is 4.79 Å². The van der Waals surface area contributed by atoms with Crippen molar-refractivity contribution >= 4 is 11.9 Å². The summed E-state index contributed by atoms with van der Waals surface area (Å²) in [6.07, 6.45) is 0.0130. The number of unbranched alkanes of at least 4 members (excludes halogenated alkanes) is 2. The van der Waals surface area contributed by atoms with Crippen LogP contribution < -0.4 is 9.47 Å². The average Bonchev–Trinajstić information content (AvgIpc) is 2.90. The summed E-state index contributed by atoms with van der Waals surface area (Å²) in [6, 6.07) is 6.51. The number of phenols is 7. The highest BCUT2D eigenvalue weighted by Crippen LogP contribution is 2.46. The van der Waals surface area contributed by atoms with Gasteiger partial charge < -0.3 is 50.0 Å². The molecule has 1 aliphatic rings. The van der Waals surface area contributed by atoms with Crippen LogP contribution in [0.25, 0.3) is 0 Å². The van der Waals surface area contributed by atoms with Crippen molar-refractivity contribution in [3.63, 3.8) is 0 Å². The molecule has 1 aliphatic heterocycles. The fourth-order valence-electron chi connectivity index (χ4n) is 4.30. The van der Waals surface area contributed by atoms with Gasteiger partial charge >= 0.3 is 11.9 Å². The predicted octanol–water partition coefficient (Wildman–Crippen LogP) is 4.01. The fourth-order valence-corrected chi connectivity index (χ4v) is 4.30. The van der Waals surface area contributed by atoms with Crippen LogP contribution in [0.4, 0.5) is 0 Å². The molecule has 0 aromatic heterocycles. The molecular formula is C28H28O12. The van der Waals surface area contributed by atoms with Gasteiger partial charge in [-0.2, -0.15) is 0 Å². The second-order valence-electron chi connectivity index (χ2n) is 9.31. The minimum Gasteiger partial charge on any atom is -0.507 e. The van der Waals surface area contributed by atoms with Gasteiger partial charge in [0.05, 0.1) is 5.56 Å². The number of fused-ring (bicyclic) bond motifs is 1. The summed E-state index contributed by atoms with van der Waals surface area (Å²) < 4.78 is 16.9. The van der Waals surface area contributed by atoms with E-state index in [1.54, 1.807) is 0 Å². The van der Waals surface area contributed by atoms with Crippen LogP contribution in [0.15, 0.2) is 36.4 Å². The first-order valence-electron chi connectivity index (χ1n) is 12.4. The van der Waals surface area contributed by atoms with Crippen molar-refractivity contribution in [3.05, 3.63) is 53.1 Å². The number of ether oxygens (including phenoxy) is 3. The molecule has 0 amide bonds. The molecular weight excluding hydrogens is 528 g/mol. The summed E-state index contributed by atoms with van der Waals surface area (Å²) in [5.41, 5.74) is -0.0409. The van der Waals surface area contributed by atoms with Crippen molar-refractivity contribution in [2.75, 3.05) is 0 Å². The number of phenolic OH excluding ortho intramolecular Hbond substituents is 7. The van der Waals surface area contributed by atoms with Gasteiger partial charge in [0.15, 0.2) is 40.6 Å². The lowest BCUT2D eigenvalue weighted by Gasteiger charge is -2.34. The number of carbonyl (C=O) groups excluding carboxylic acids is 2. The highest BCUT2D eigenvalue weighted by atomic mass is 16.6. The van der Waals surface area contributed by atoms with Crippen molar-refractivity contribution in [1.82, 2.24) is 0 Å². The Balaban J connectivity index is 1.68. The quantitative estimate of drug-likeness (QED) is 0.0910. The summed E-state index contributed by atoms with van der Waals surface area (Å²) in [5, 5.41) is 69.7. The van der Waals surface area contributed by atoms with E-state index in [9.17, 15) is 45.3 Å². The standard InChI is InChI=1S/C28H28O12/c1-2-3-4-5-24(34)38-15-10-17(29)16-12-23(40-28(37)14-8-20(32)26(36)21(33)9-14)27(39-22(16)11-15)13-6-18(30)25(35)19(31)7-13/h6-11,23,27,29-33,35-36H,2-5,12H2,1H3/t23-,27-/m1/s1. The minimum atomic E-state index is -1.22. The van der Waals surface area contributed by atoms with Gasteiger partial charge in [0, 0.05) is 36.1 Å². The van der Waals surface area contributed by atoms with E-state index in [0.717, 1.165) is 37.1 Å². The van der Waals surface area contributed by atoms with Crippen LogP contribution in [0.3, 0.4) is 0 Å². The molecule has 0 spiro atoms. The second-order valence-corrected chi connectivity index (χ2v) is 9.31. The maximum absolute atomic E-state index is 12.9. The first-order chi connectivity index (χ1) is 19.0. The zero-order valence-corrected chi connectivity index (χ0v) is 21.3. The van der Waals surface area contributed by atoms with E-state index in [-0.39, 0.29) is 46.8 Å². The predicted molar refractivity (Wildman–Crippen MR) is 137 cm³/mol. The largest absolute Gasteiger partial charge is 0.507 e. The van der Waals surface area contributed by atoms with Gasteiger partial charge in [-0.1, -0.05) is 19.8 Å². The Morgan fingerprint density at radius 1 is 0.825 bits per heavy atom. The molecule has 0 bridgehead atoms. The topological polar surface area (TPSA) is 203 Å². The summed E-state index contributed by atoms with van der Waals surface area (Å²) in [4.78, 5) is 25.1. The van der Waals surface area contributed by atoms with Gasteiger partial charge in [-0.15, -0.1) is 0 Å². The Hall–Kier alpha value is -5.00. The molecule has 1 heterocycles. The number of aromatic hydroxyl groups is 7. The summed E-state index contributed by atoms with van der Waals surface area (Å²) in [6.45, 7) is 2.00. The van der Waals surface area contributed by atoms with E-state index in [0.29, 0.717) is 6.42 Å². The Labute approximate surface area is 227 Å². The second kappa shape index (κ2) is 11.4. The zero-order chi connectivity index (χ0) is 29.1. The monoisotopic (exact) mass is 556 g/mol. The summed E-state index contributed by atoms with van der Waals surface area (Å²) in [7, 11) is 0. The molecule has 0 aliphatic carbocycles. The normalized spacial score (nSPS) is 16.0. The molecule has 0 fully saturated rings. The third-order valence-electron chi connectivity index (χ3n) is 6.36. The Bertz CT molecular complexity index is 1400. The Kier molecular flexibility index (Phi) is 7.98. The number of hydrogen-bond donors (Lipinski definition) is 7. The van der Waals surface area contributed by atoms with Gasteiger partial charge in [0.2, 0.25) is 0 Å². The molecule has 3 aromatic carbocycles. The van der Waals surface area contributed by atoms with E-state index in [2.05, 4.69) is 0 Å². The number of rotatable bonds is 8. The van der Waals surface area contributed by atoms with Crippen molar-refractivity contribution < 1.29 is 59.5 Å². The van der Waals surface area contributed by atoms with Crippen LogP contribution in [0.2, 0.25) is 0 Å². The van der Waals surface area contributed by atoms with Gasteiger partial charge in [-0.3, -0.25) is 4.79 Å². The van der Waals surface area contributed by atoms with Crippen LogP contribution >= 0.6 is 0 Å². The lowest BCUT2D eigenvalue weighted by atomic mass is 9.93. The number of hydrogen-bond acceptors (Lipinski definition) is 12. The maximum atomic E-state index is 12.9. The van der Waals surface area contributed by atoms with Crippen LogP contribution in [0, 0.1) is 0 Å². The molecule has 40 heavy (non-hydrogen) atoms. The lowest BCUT2D eigenvalue weighted by molar-refractivity contribution is -0.134. The van der Waals surface area contributed by atoms with Crippen molar-refractivity contribution in [2.24, 2.45) is 0 Å². The summed E-state index contributed by atoms with van der Waals surface area (Å²) >= 11 is 0.